The van der Waals surface area contributed by atoms with Gasteiger partial charge in [-0.1, -0.05) is 24.3 Å². The number of nitrogens with zero attached hydrogens (tertiary/aromatic N) is 4. The van der Waals surface area contributed by atoms with Crippen molar-refractivity contribution >= 4 is 5.96 Å². The van der Waals surface area contributed by atoms with Crippen molar-refractivity contribution in [2.24, 2.45) is 4.99 Å². The first-order valence-electron chi connectivity index (χ1n) is 9.38. The molecule has 3 aromatic rings. The Balaban J connectivity index is 1.58. The lowest BCUT2D eigenvalue weighted by molar-refractivity contribution is 0.606. The zero-order valence-corrected chi connectivity index (χ0v) is 16.2. The number of rotatable bonds is 7. The summed E-state index contributed by atoms with van der Waals surface area (Å²) in [4.78, 5) is 13.3. The van der Waals surface area contributed by atoms with Gasteiger partial charge in [-0.3, -0.25) is 4.57 Å². The van der Waals surface area contributed by atoms with Gasteiger partial charge in [0.1, 0.15) is 17.5 Å². The molecule has 0 bridgehead atoms. The fraction of sp³-hybridized carbons (Fsp3) is 0.286. The van der Waals surface area contributed by atoms with Crippen LogP contribution in [0.1, 0.15) is 23.9 Å². The summed E-state index contributed by atoms with van der Waals surface area (Å²) in [5.74, 6) is 2.25. The topological polar surface area (TPSA) is 67.1 Å². The molecule has 0 aliphatic rings. The van der Waals surface area contributed by atoms with Crippen LogP contribution in [0.15, 0.2) is 60.0 Å². The lowest BCUT2D eigenvalue weighted by Crippen LogP contribution is -2.38. The Bertz CT molecular complexity index is 917. The molecule has 0 spiro atoms. The van der Waals surface area contributed by atoms with Gasteiger partial charge in [0, 0.05) is 31.7 Å². The fourth-order valence-corrected chi connectivity index (χ4v) is 2.80. The zero-order chi connectivity index (χ0) is 19.8. The van der Waals surface area contributed by atoms with Crippen molar-refractivity contribution in [1.29, 1.82) is 0 Å². The molecule has 0 radical (unpaired) electrons. The van der Waals surface area contributed by atoms with Gasteiger partial charge in [-0.15, -0.1) is 0 Å². The van der Waals surface area contributed by atoms with E-state index in [0.29, 0.717) is 31.0 Å². The standard InChI is InChI=1S/C21H25FN6/c1-3-23-21(25-11-10-18-6-4-5-7-19(18)22)27-15-17-8-9-20(26-14-17)28-13-12-24-16(28)2/h4-9,12-14H,3,10-11,15H2,1-2H3,(H2,23,25,27). The second-order valence-corrected chi connectivity index (χ2v) is 6.33. The van der Waals surface area contributed by atoms with Gasteiger partial charge in [0.2, 0.25) is 0 Å². The molecule has 6 nitrogen and oxygen atoms in total. The third-order valence-corrected chi connectivity index (χ3v) is 4.29. The number of aliphatic imine (C=N–C) groups is 1. The van der Waals surface area contributed by atoms with Gasteiger partial charge < -0.3 is 10.6 Å². The van der Waals surface area contributed by atoms with Crippen LogP contribution < -0.4 is 10.6 Å². The van der Waals surface area contributed by atoms with Crippen LogP contribution in [-0.4, -0.2) is 33.6 Å². The van der Waals surface area contributed by atoms with Crippen LogP contribution in [0.2, 0.25) is 0 Å². The molecule has 1 aromatic carbocycles. The minimum absolute atomic E-state index is 0.175. The second-order valence-electron chi connectivity index (χ2n) is 6.33. The molecule has 0 aliphatic heterocycles. The van der Waals surface area contributed by atoms with Crippen LogP contribution >= 0.6 is 0 Å². The van der Waals surface area contributed by atoms with E-state index < -0.39 is 0 Å². The third kappa shape index (κ3) is 5.16. The van der Waals surface area contributed by atoms with Crippen LogP contribution in [0.5, 0.6) is 0 Å². The van der Waals surface area contributed by atoms with E-state index in [1.165, 1.54) is 6.07 Å². The number of pyridine rings is 1. The van der Waals surface area contributed by atoms with Crippen molar-refractivity contribution in [1.82, 2.24) is 25.2 Å². The summed E-state index contributed by atoms with van der Waals surface area (Å²) in [6.07, 6.45) is 6.06. The summed E-state index contributed by atoms with van der Waals surface area (Å²) in [5.41, 5.74) is 1.70. The molecular weight excluding hydrogens is 355 g/mol. The van der Waals surface area contributed by atoms with E-state index in [4.69, 9.17) is 0 Å². The molecule has 2 N–H and O–H groups in total. The molecule has 7 heteroatoms. The molecule has 146 valence electrons. The Labute approximate surface area is 164 Å². The average molecular weight is 380 g/mol. The summed E-state index contributed by atoms with van der Waals surface area (Å²) >= 11 is 0. The predicted molar refractivity (Wildman–Crippen MR) is 109 cm³/mol. The molecule has 0 saturated carbocycles. The highest BCUT2D eigenvalue weighted by atomic mass is 19.1. The number of benzene rings is 1. The summed E-state index contributed by atoms with van der Waals surface area (Å²) in [6, 6.07) is 10.8. The molecular formula is C21H25FN6. The fourth-order valence-electron chi connectivity index (χ4n) is 2.80. The number of hydrogen-bond acceptors (Lipinski definition) is 3. The summed E-state index contributed by atoms with van der Waals surface area (Å²) in [6.45, 7) is 5.81. The Kier molecular flexibility index (Phi) is 6.73. The highest BCUT2D eigenvalue weighted by Crippen LogP contribution is 2.09. The van der Waals surface area contributed by atoms with Crippen molar-refractivity contribution in [2.45, 2.75) is 26.8 Å². The molecule has 0 fully saturated rings. The summed E-state index contributed by atoms with van der Waals surface area (Å²) in [5, 5.41) is 6.45. The predicted octanol–water partition coefficient (Wildman–Crippen LogP) is 3.01. The number of halogens is 1. The maximum atomic E-state index is 13.7. The largest absolute Gasteiger partial charge is 0.357 e. The molecule has 0 amide bonds. The maximum Gasteiger partial charge on any atom is 0.191 e. The van der Waals surface area contributed by atoms with Crippen molar-refractivity contribution in [2.75, 3.05) is 13.1 Å². The maximum absolute atomic E-state index is 13.7. The number of imidazole rings is 1. The molecule has 2 heterocycles. The monoisotopic (exact) mass is 380 g/mol. The van der Waals surface area contributed by atoms with E-state index >= 15 is 0 Å². The van der Waals surface area contributed by atoms with Gasteiger partial charge in [0.15, 0.2) is 5.96 Å². The number of hydrogen-bond donors (Lipinski definition) is 2. The number of guanidine groups is 1. The third-order valence-electron chi connectivity index (χ3n) is 4.29. The summed E-state index contributed by atoms with van der Waals surface area (Å²) in [7, 11) is 0. The van der Waals surface area contributed by atoms with E-state index in [9.17, 15) is 4.39 Å². The molecule has 0 atom stereocenters. The van der Waals surface area contributed by atoms with E-state index in [1.807, 2.05) is 49.0 Å². The highest BCUT2D eigenvalue weighted by molar-refractivity contribution is 5.79. The highest BCUT2D eigenvalue weighted by Gasteiger charge is 2.04. The van der Waals surface area contributed by atoms with Gasteiger partial charge in [0.05, 0.1) is 6.54 Å². The van der Waals surface area contributed by atoms with Crippen molar-refractivity contribution in [3.8, 4) is 5.82 Å². The van der Waals surface area contributed by atoms with Gasteiger partial charge in [-0.2, -0.15) is 0 Å². The first kappa shape index (κ1) is 19.5. The minimum atomic E-state index is -0.175. The quantitative estimate of drug-likeness (QED) is 0.488. The van der Waals surface area contributed by atoms with Crippen molar-refractivity contribution < 1.29 is 4.39 Å². The van der Waals surface area contributed by atoms with Crippen LogP contribution in [-0.2, 0) is 13.0 Å². The lowest BCUT2D eigenvalue weighted by atomic mass is 10.1. The first-order valence-corrected chi connectivity index (χ1v) is 9.38. The number of nitrogens with one attached hydrogen (secondary N) is 2. The molecule has 0 aliphatic carbocycles. The Morgan fingerprint density at radius 1 is 1.14 bits per heavy atom. The van der Waals surface area contributed by atoms with E-state index in [-0.39, 0.29) is 5.82 Å². The van der Waals surface area contributed by atoms with Gasteiger partial charge in [0.25, 0.3) is 0 Å². The van der Waals surface area contributed by atoms with E-state index in [0.717, 1.165) is 23.8 Å². The Morgan fingerprint density at radius 3 is 2.68 bits per heavy atom. The van der Waals surface area contributed by atoms with Crippen molar-refractivity contribution in [3.05, 3.63) is 77.8 Å². The smallest absolute Gasteiger partial charge is 0.191 e. The van der Waals surface area contributed by atoms with E-state index in [2.05, 4.69) is 25.6 Å². The summed E-state index contributed by atoms with van der Waals surface area (Å²) < 4.78 is 15.6. The van der Waals surface area contributed by atoms with Gasteiger partial charge in [-0.25, -0.2) is 19.4 Å². The van der Waals surface area contributed by atoms with Crippen molar-refractivity contribution in [3.63, 3.8) is 0 Å². The first-order chi connectivity index (χ1) is 13.7. The molecule has 0 unspecified atom stereocenters. The van der Waals surface area contributed by atoms with Crippen LogP contribution in [0.25, 0.3) is 5.82 Å². The Morgan fingerprint density at radius 2 is 2.00 bits per heavy atom. The molecule has 28 heavy (non-hydrogen) atoms. The normalized spacial score (nSPS) is 11.5. The number of aryl methyl sites for hydroxylation is 1. The van der Waals surface area contributed by atoms with Gasteiger partial charge >= 0.3 is 0 Å². The van der Waals surface area contributed by atoms with E-state index in [1.54, 1.807) is 18.3 Å². The van der Waals surface area contributed by atoms with Crippen LogP contribution in [0, 0.1) is 12.7 Å². The lowest BCUT2D eigenvalue weighted by Gasteiger charge is -2.12. The average Bonchev–Trinajstić information content (AvgIpc) is 3.14. The number of aromatic nitrogens is 3. The molecule has 0 saturated heterocycles. The Hall–Kier alpha value is -3.22. The van der Waals surface area contributed by atoms with Crippen LogP contribution in [0.4, 0.5) is 4.39 Å². The van der Waals surface area contributed by atoms with Crippen LogP contribution in [0.3, 0.4) is 0 Å². The molecule has 2 aromatic heterocycles. The van der Waals surface area contributed by atoms with Gasteiger partial charge in [-0.05, 0) is 43.5 Å². The second kappa shape index (κ2) is 9.64. The molecule has 3 rings (SSSR count). The zero-order valence-electron chi connectivity index (χ0n) is 16.2. The minimum Gasteiger partial charge on any atom is -0.357 e. The SMILES string of the molecule is CCNC(=NCc1ccc(-n2ccnc2C)nc1)NCCc1ccccc1F.